The third kappa shape index (κ3) is 3.71. The zero-order valence-corrected chi connectivity index (χ0v) is 11.1. The summed E-state index contributed by atoms with van der Waals surface area (Å²) in [7, 11) is 0. The average molecular weight is 332 g/mol. The highest BCUT2D eigenvalue weighted by Gasteiger charge is 2.77. The van der Waals surface area contributed by atoms with Gasteiger partial charge in [-0.2, -0.15) is 26.3 Å². The number of carbonyl (C=O) groups is 1. The van der Waals surface area contributed by atoms with Crippen LogP contribution in [0.4, 0.5) is 37.0 Å². The van der Waals surface area contributed by atoms with Crippen LogP contribution in [0.3, 0.4) is 0 Å². The maximum atomic E-state index is 13.1. The molecule has 1 aromatic rings. The molecule has 0 aliphatic carbocycles. The first kappa shape index (κ1) is 17.9. The fourth-order valence-electron chi connectivity index (χ4n) is 1.47. The van der Waals surface area contributed by atoms with E-state index in [1.165, 1.54) is 24.4 Å². The number of H-pyrrole nitrogens is 1. The number of carbonyl (C=O) groups excluding carboxylic acids is 1. The lowest BCUT2D eigenvalue weighted by Gasteiger charge is -2.33. The van der Waals surface area contributed by atoms with Crippen molar-refractivity contribution in [1.82, 2.24) is 5.32 Å². The predicted octanol–water partition coefficient (Wildman–Crippen LogP) is 2.48. The first-order valence-corrected chi connectivity index (χ1v) is 5.87. The number of pyridine rings is 1. The monoisotopic (exact) mass is 332 g/mol. The summed E-state index contributed by atoms with van der Waals surface area (Å²) >= 11 is 0. The molecule has 0 radical (unpaired) electrons. The molecule has 1 heterocycles. The lowest BCUT2D eigenvalue weighted by atomic mass is 10.1. The van der Waals surface area contributed by atoms with E-state index in [4.69, 9.17) is 0 Å². The van der Waals surface area contributed by atoms with Crippen molar-refractivity contribution in [3.8, 4) is 0 Å². The fourth-order valence-corrected chi connectivity index (χ4v) is 1.47. The van der Waals surface area contributed by atoms with Gasteiger partial charge in [0.15, 0.2) is 0 Å². The summed E-state index contributed by atoms with van der Waals surface area (Å²) in [6, 6.07) is 3.51. The molecule has 1 aromatic heterocycles. The number of rotatable bonds is 4. The van der Waals surface area contributed by atoms with Crippen LogP contribution < -0.4 is 15.6 Å². The lowest BCUT2D eigenvalue weighted by molar-refractivity contribution is -0.367. The van der Waals surface area contributed by atoms with Crippen molar-refractivity contribution in [2.75, 3.05) is 11.9 Å². The van der Waals surface area contributed by atoms with Crippen molar-refractivity contribution in [2.45, 2.75) is 24.9 Å². The number of anilines is 1. The van der Waals surface area contributed by atoms with Crippen molar-refractivity contribution in [2.24, 2.45) is 0 Å². The summed E-state index contributed by atoms with van der Waals surface area (Å²) in [5, 5.41) is 2.06. The van der Waals surface area contributed by atoms with E-state index in [0.717, 1.165) is 17.6 Å². The SMILES string of the molecule is CCOC(=O)NC(Nc1cccc[nH+]1)(C(F)(F)F)C(F)(F)F. The normalized spacial score (nSPS) is 12.7. The second-order valence-electron chi connectivity index (χ2n) is 3.99. The Balaban J connectivity index is 3.30. The topological polar surface area (TPSA) is 64.5 Å². The van der Waals surface area contributed by atoms with E-state index in [0.29, 0.717) is 0 Å². The maximum absolute atomic E-state index is 13.1. The Labute approximate surface area is 120 Å². The van der Waals surface area contributed by atoms with Crippen LogP contribution in [0.2, 0.25) is 0 Å². The molecule has 0 unspecified atom stereocenters. The lowest BCUT2D eigenvalue weighted by Crippen LogP contribution is -2.72. The Kier molecular flexibility index (Phi) is 5.09. The van der Waals surface area contributed by atoms with E-state index in [1.807, 2.05) is 0 Å². The minimum absolute atomic E-state index is 0.394. The smallest absolute Gasteiger partial charge is 0.450 e. The Morgan fingerprint density at radius 2 is 1.77 bits per heavy atom. The van der Waals surface area contributed by atoms with Crippen molar-refractivity contribution < 1.29 is 40.9 Å². The fraction of sp³-hybridized carbons (Fsp3) is 0.455. The number of aromatic amines is 1. The largest absolute Gasteiger partial charge is 0.462 e. The molecule has 0 spiro atoms. The van der Waals surface area contributed by atoms with Crippen molar-refractivity contribution in [3.63, 3.8) is 0 Å². The average Bonchev–Trinajstić information content (AvgIpc) is 2.36. The third-order valence-electron chi connectivity index (χ3n) is 2.45. The molecule has 0 saturated carbocycles. The number of alkyl carbamates (subject to hydrolysis) is 1. The van der Waals surface area contributed by atoms with E-state index < -0.39 is 36.5 Å². The van der Waals surface area contributed by atoms with Crippen LogP contribution >= 0.6 is 0 Å². The number of halogens is 6. The second kappa shape index (κ2) is 6.28. The Bertz CT molecular complexity index is 489. The highest BCUT2D eigenvalue weighted by molar-refractivity contribution is 5.69. The van der Waals surface area contributed by atoms with Gasteiger partial charge < -0.3 is 4.74 Å². The summed E-state index contributed by atoms with van der Waals surface area (Å²) in [4.78, 5) is 13.3. The molecule has 0 aliphatic rings. The number of aromatic nitrogens is 1. The quantitative estimate of drug-likeness (QED) is 0.658. The van der Waals surface area contributed by atoms with Crippen LogP contribution in [-0.2, 0) is 4.74 Å². The zero-order chi connectivity index (χ0) is 17.0. The number of amides is 1. The third-order valence-corrected chi connectivity index (χ3v) is 2.45. The molecule has 1 amide bonds. The van der Waals surface area contributed by atoms with Gasteiger partial charge in [0.05, 0.1) is 12.8 Å². The van der Waals surface area contributed by atoms with Gasteiger partial charge in [-0.1, -0.05) is 6.07 Å². The molecule has 5 nitrogen and oxygen atoms in total. The highest BCUT2D eigenvalue weighted by Crippen LogP contribution is 2.43. The van der Waals surface area contributed by atoms with Gasteiger partial charge >= 0.3 is 24.1 Å². The zero-order valence-electron chi connectivity index (χ0n) is 11.1. The molecule has 0 atom stereocenters. The van der Waals surface area contributed by atoms with Gasteiger partial charge in [0.1, 0.15) is 0 Å². The van der Waals surface area contributed by atoms with Crippen molar-refractivity contribution in [3.05, 3.63) is 24.4 Å². The van der Waals surface area contributed by atoms with Crippen molar-refractivity contribution >= 4 is 11.9 Å². The molecule has 124 valence electrons. The summed E-state index contributed by atoms with van der Waals surface area (Å²) in [6.45, 7) is 0.843. The molecule has 0 aliphatic heterocycles. The van der Waals surface area contributed by atoms with Crippen LogP contribution in [0.25, 0.3) is 0 Å². The van der Waals surface area contributed by atoms with Crippen LogP contribution in [0, 0.1) is 0 Å². The Morgan fingerprint density at radius 3 is 2.18 bits per heavy atom. The van der Waals surface area contributed by atoms with Crippen LogP contribution in [0.15, 0.2) is 24.4 Å². The molecule has 0 fully saturated rings. The summed E-state index contributed by atoms with van der Waals surface area (Å²) < 4.78 is 82.7. The molecule has 0 aromatic carbocycles. The minimum Gasteiger partial charge on any atom is -0.450 e. The van der Waals surface area contributed by atoms with Crippen LogP contribution in [0.1, 0.15) is 6.92 Å². The van der Waals surface area contributed by atoms with Gasteiger partial charge in [-0.15, -0.1) is 0 Å². The number of alkyl halides is 6. The second-order valence-corrected chi connectivity index (χ2v) is 3.99. The number of nitrogens with one attached hydrogen (secondary N) is 3. The number of hydrogen-bond acceptors (Lipinski definition) is 3. The first-order chi connectivity index (χ1) is 10.0. The first-order valence-electron chi connectivity index (χ1n) is 5.87. The van der Waals surface area contributed by atoms with E-state index in [-0.39, 0.29) is 0 Å². The van der Waals surface area contributed by atoms with Crippen LogP contribution in [0.5, 0.6) is 0 Å². The molecule has 1 rings (SSSR count). The minimum atomic E-state index is -5.89. The molecule has 0 bridgehead atoms. The van der Waals surface area contributed by atoms with Gasteiger partial charge in [-0.05, 0) is 13.0 Å². The van der Waals surface area contributed by atoms with Gasteiger partial charge in [0, 0.05) is 6.07 Å². The van der Waals surface area contributed by atoms with Gasteiger partial charge in [0.25, 0.3) is 5.82 Å². The molecular formula is C11H12F6N3O2+. The number of hydrogen-bond donors (Lipinski definition) is 2. The van der Waals surface area contributed by atoms with E-state index in [2.05, 4.69) is 9.72 Å². The molecule has 11 heteroatoms. The Hall–Kier alpha value is -2.20. The molecular weight excluding hydrogens is 320 g/mol. The maximum Gasteiger partial charge on any atom is 0.462 e. The van der Waals surface area contributed by atoms with E-state index in [9.17, 15) is 31.1 Å². The molecule has 3 N–H and O–H groups in total. The van der Waals surface area contributed by atoms with Gasteiger partial charge in [-0.25, -0.2) is 15.1 Å². The standard InChI is InChI=1S/C11H11F6N3O2/c1-2-22-8(21)20-9(10(12,13)14,11(15,16)17)19-7-5-3-4-6-18-7/h3-6H,2H2,1H3,(H,18,19)(H,20,21)/p+1. The Morgan fingerprint density at radius 1 is 1.18 bits per heavy atom. The van der Waals surface area contributed by atoms with Crippen LogP contribution in [-0.4, -0.2) is 30.7 Å². The predicted molar refractivity (Wildman–Crippen MR) is 61.6 cm³/mol. The van der Waals surface area contributed by atoms with E-state index >= 15 is 0 Å². The van der Waals surface area contributed by atoms with E-state index in [1.54, 1.807) is 0 Å². The molecule has 22 heavy (non-hydrogen) atoms. The summed E-state index contributed by atoms with van der Waals surface area (Å²) in [5.41, 5.74) is -4.70. The summed E-state index contributed by atoms with van der Waals surface area (Å²) in [6.07, 6.45) is -12.5. The van der Waals surface area contributed by atoms with Gasteiger partial charge in [0.2, 0.25) is 0 Å². The number of ether oxygens (including phenoxy) is 1. The summed E-state index contributed by atoms with van der Waals surface area (Å²) in [5.74, 6) is -0.603. The van der Waals surface area contributed by atoms with Gasteiger partial charge in [-0.3, -0.25) is 5.32 Å². The van der Waals surface area contributed by atoms with Crippen molar-refractivity contribution in [1.29, 1.82) is 0 Å². The highest BCUT2D eigenvalue weighted by atomic mass is 19.4. The molecule has 0 saturated heterocycles.